The zero-order valence-corrected chi connectivity index (χ0v) is 23.8. The number of anilines is 1. The molecule has 0 aliphatic carbocycles. The zero-order valence-electron chi connectivity index (χ0n) is 23.8. The van der Waals surface area contributed by atoms with E-state index in [1.807, 2.05) is 45.9 Å². The fourth-order valence-corrected chi connectivity index (χ4v) is 4.83. The average molecular weight is 552 g/mol. The van der Waals surface area contributed by atoms with E-state index in [1.54, 1.807) is 24.3 Å². The highest BCUT2D eigenvalue weighted by Crippen LogP contribution is 2.34. The SMILES string of the molecule is CC(=O)Nc1ccc(-c2cccc3c2CN(C(COC(C)=O)C(=O)NCC(=O)OC(C(C)C)C(C)C)C3=O)cc1. The Morgan fingerprint density at radius 3 is 2.12 bits per heavy atom. The van der Waals surface area contributed by atoms with Crippen LogP contribution in [-0.4, -0.2) is 59.9 Å². The standard InChI is InChI=1S/C30H37N3O7/c1-17(2)28(18(3)4)40-27(36)14-31-29(37)26(16-39-20(6)35)33-15-25-23(8-7-9-24(25)30(33)38)21-10-12-22(13-11-21)32-19(5)34/h7-13,17-18,26,28H,14-16H2,1-6H3,(H,31,37)(H,32,34). The number of benzene rings is 2. The molecule has 0 aromatic heterocycles. The zero-order chi connectivity index (χ0) is 29.6. The third-order valence-corrected chi connectivity index (χ3v) is 6.62. The Kier molecular flexibility index (Phi) is 10.0. The van der Waals surface area contributed by atoms with Gasteiger partial charge in [0.25, 0.3) is 5.91 Å². The van der Waals surface area contributed by atoms with Crippen LogP contribution in [0.5, 0.6) is 0 Å². The summed E-state index contributed by atoms with van der Waals surface area (Å²) >= 11 is 0. The Hall–Kier alpha value is -4.21. The Labute approximate surface area is 234 Å². The smallest absolute Gasteiger partial charge is 0.325 e. The van der Waals surface area contributed by atoms with Crippen LogP contribution in [0, 0.1) is 11.8 Å². The lowest BCUT2D eigenvalue weighted by molar-refractivity contribution is -0.154. The highest BCUT2D eigenvalue weighted by Gasteiger charge is 2.38. The summed E-state index contributed by atoms with van der Waals surface area (Å²) in [6.07, 6.45) is -0.304. The van der Waals surface area contributed by atoms with E-state index in [0.29, 0.717) is 11.3 Å². The molecule has 1 aliphatic heterocycles. The molecule has 0 saturated heterocycles. The summed E-state index contributed by atoms with van der Waals surface area (Å²) in [5, 5.41) is 5.27. The molecule has 214 valence electrons. The van der Waals surface area contributed by atoms with Gasteiger partial charge in [-0.15, -0.1) is 0 Å². The quantitative estimate of drug-likeness (QED) is 0.409. The first kappa shape index (κ1) is 30.3. The van der Waals surface area contributed by atoms with E-state index >= 15 is 0 Å². The normalized spacial score (nSPS) is 13.3. The van der Waals surface area contributed by atoms with E-state index < -0.39 is 23.9 Å². The molecule has 2 aromatic rings. The number of fused-ring (bicyclic) bond motifs is 1. The lowest BCUT2D eigenvalue weighted by Crippen LogP contribution is -2.51. The second kappa shape index (κ2) is 13.2. The molecule has 1 aliphatic rings. The van der Waals surface area contributed by atoms with Gasteiger partial charge in [-0.3, -0.25) is 24.0 Å². The van der Waals surface area contributed by atoms with Gasteiger partial charge in [0, 0.05) is 31.6 Å². The number of ether oxygens (including phenoxy) is 2. The van der Waals surface area contributed by atoms with Gasteiger partial charge in [-0.25, -0.2) is 0 Å². The summed E-state index contributed by atoms with van der Waals surface area (Å²) in [5.41, 5.74) is 3.42. The van der Waals surface area contributed by atoms with E-state index in [0.717, 1.165) is 16.7 Å². The van der Waals surface area contributed by atoms with Crippen molar-refractivity contribution >= 4 is 35.3 Å². The predicted molar refractivity (Wildman–Crippen MR) is 149 cm³/mol. The number of rotatable bonds is 11. The van der Waals surface area contributed by atoms with Crippen molar-refractivity contribution in [3.05, 3.63) is 53.6 Å². The van der Waals surface area contributed by atoms with Gasteiger partial charge >= 0.3 is 11.9 Å². The molecule has 3 rings (SSSR count). The van der Waals surface area contributed by atoms with Crippen LogP contribution in [0.2, 0.25) is 0 Å². The maximum absolute atomic E-state index is 13.4. The summed E-state index contributed by atoms with van der Waals surface area (Å²) in [6, 6.07) is 11.4. The molecule has 0 radical (unpaired) electrons. The van der Waals surface area contributed by atoms with Crippen molar-refractivity contribution < 1.29 is 33.4 Å². The Balaban J connectivity index is 1.80. The van der Waals surface area contributed by atoms with E-state index in [4.69, 9.17) is 9.47 Å². The molecule has 2 N–H and O–H groups in total. The van der Waals surface area contributed by atoms with Gasteiger partial charge in [0.2, 0.25) is 11.8 Å². The number of nitrogens with one attached hydrogen (secondary N) is 2. The molecule has 3 amide bonds. The van der Waals surface area contributed by atoms with Crippen LogP contribution in [0.1, 0.15) is 57.5 Å². The van der Waals surface area contributed by atoms with Crippen molar-refractivity contribution in [3.63, 3.8) is 0 Å². The van der Waals surface area contributed by atoms with E-state index in [9.17, 15) is 24.0 Å². The molecular formula is C30H37N3O7. The molecule has 0 bridgehead atoms. The third kappa shape index (κ3) is 7.46. The molecule has 40 heavy (non-hydrogen) atoms. The molecular weight excluding hydrogens is 514 g/mol. The second-order valence-corrected chi connectivity index (χ2v) is 10.5. The summed E-state index contributed by atoms with van der Waals surface area (Å²) in [5.74, 6) is -2.18. The van der Waals surface area contributed by atoms with Crippen molar-refractivity contribution in [2.75, 3.05) is 18.5 Å². The predicted octanol–water partition coefficient (Wildman–Crippen LogP) is 3.54. The number of hydrogen-bond acceptors (Lipinski definition) is 7. The van der Waals surface area contributed by atoms with Crippen LogP contribution in [0.15, 0.2) is 42.5 Å². The maximum Gasteiger partial charge on any atom is 0.325 e. The minimum atomic E-state index is -1.16. The minimum Gasteiger partial charge on any atom is -0.463 e. The lowest BCUT2D eigenvalue weighted by Gasteiger charge is -2.27. The summed E-state index contributed by atoms with van der Waals surface area (Å²) in [7, 11) is 0. The van der Waals surface area contributed by atoms with Gasteiger partial charge in [0.05, 0.1) is 0 Å². The maximum atomic E-state index is 13.4. The van der Waals surface area contributed by atoms with Gasteiger partial charge < -0.3 is 25.0 Å². The number of hydrogen-bond donors (Lipinski definition) is 2. The molecule has 0 saturated carbocycles. The van der Waals surface area contributed by atoms with Crippen molar-refractivity contribution in [1.82, 2.24) is 10.2 Å². The topological polar surface area (TPSA) is 131 Å². The first-order valence-electron chi connectivity index (χ1n) is 13.3. The molecule has 10 heteroatoms. The number of esters is 2. The number of amides is 3. The minimum absolute atomic E-state index is 0.102. The van der Waals surface area contributed by atoms with Gasteiger partial charge in [0.1, 0.15) is 25.3 Å². The van der Waals surface area contributed by atoms with Crippen LogP contribution < -0.4 is 10.6 Å². The largest absolute Gasteiger partial charge is 0.463 e. The molecule has 2 aromatic carbocycles. The van der Waals surface area contributed by atoms with Crippen LogP contribution >= 0.6 is 0 Å². The fraction of sp³-hybridized carbons (Fsp3) is 0.433. The van der Waals surface area contributed by atoms with Crippen LogP contribution in [0.4, 0.5) is 5.69 Å². The van der Waals surface area contributed by atoms with Crippen LogP contribution in [-0.2, 0) is 35.2 Å². The van der Waals surface area contributed by atoms with Crippen LogP contribution in [0.25, 0.3) is 11.1 Å². The van der Waals surface area contributed by atoms with Crippen molar-refractivity contribution in [3.8, 4) is 11.1 Å². The molecule has 1 heterocycles. The van der Waals surface area contributed by atoms with Crippen molar-refractivity contribution in [1.29, 1.82) is 0 Å². The van der Waals surface area contributed by atoms with Gasteiger partial charge in [-0.1, -0.05) is 52.0 Å². The highest BCUT2D eigenvalue weighted by molar-refractivity contribution is 6.03. The van der Waals surface area contributed by atoms with Crippen molar-refractivity contribution in [2.45, 2.75) is 60.2 Å². The Morgan fingerprint density at radius 2 is 1.55 bits per heavy atom. The van der Waals surface area contributed by atoms with Gasteiger partial charge in [-0.05, 0) is 46.7 Å². The lowest BCUT2D eigenvalue weighted by atomic mass is 9.96. The first-order valence-corrected chi connectivity index (χ1v) is 13.3. The molecule has 0 fully saturated rings. The summed E-state index contributed by atoms with van der Waals surface area (Å²) in [4.78, 5) is 63.4. The van der Waals surface area contributed by atoms with Gasteiger partial charge in [0.15, 0.2) is 0 Å². The highest BCUT2D eigenvalue weighted by atomic mass is 16.5. The van der Waals surface area contributed by atoms with Crippen molar-refractivity contribution in [2.24, 2.45) is 11.8 Å². The third-order valence-electron chi connectivity index (χ3n) is 6.62. The van der Waals surface area contributed by atoms with E-state index in [1.165, 1.54) is 18.7 Å². The number of carbonyl (C=O) groups is 5. The number of nitrogens with zero attached hydrogens (tertiary/aromatic N) is 1. The molecule has 1 atom stereocenters. The monoisotopic (exact) mass is 551 g/mol. The first-order chi connectivity index (χ1) is 18.9. The average Bonchev–Trinajstić information content (AvgIpc) is 3.22. The molecule has 0 spiro atoms. The summed E-state index contributed by atoms with van der Waals surface area (Å²) in [6.45, 7) is 9.81. The van der Waals surface area contributed by atoms with E-state index in [2.05, 4.69) is 10.6 Å². The Morgan fingerprint density at radius 1 is 0.925 bits per heavy atom. The molecule has 1 unspecified atom stereocenters. The van der Waals surface area contributed by atoms with Gasteiger partial charge in [-0.2, -0.15) is 0 Å². The number of carbonyl (C=O) groups excluding carboxylic acids is 5. The molecule has 10 nitrogen and oxygen atoms in total. The summed E-state index contributed by atoms with van der Waals surface area (Å²) < 4.78 is 10.7. The second-order valence-electron chi connectivity index (χ2n) is 10.5. The fourth-order valence-electron chi connectivity index (χ4n) is 4.83. The Bertz CT molecular complexity index is 1260. The van der Waals surface area contributed by atoms with E-state index in [-0.39, 0.29) is 49.5 Å². The van der Waals surface area contributed by atoms with Crippen LogP contribution in [0.3, 0.4) is 0 Å².